The van der Waals surface area contributed by atoms with Gasteiger partial charge in [-0.3, -0.25) is 4.98 Å². The molecule has 0 aliphatic heterocycles. The molecule has 1 rings (SSSR count). The summed E-state index contributed by atoms with van der Waals surface area (Å²) in [6, 6.07) is 1.24. The standard InChI is InChI=1S/C9H4ClF5N2O/c10-1-5-7(8(11)12)4(2-16)6(3-17-5)18-9(13,14)15/h3,8H,1H2. The molecule has 0 atom stereocenters. The summed E-state index contributed by atoms with van der Waals surface area (Å²) >= 11 is 5.32. The van der Waals surface area contributed by atoms with E-state index < -0.39 is 35.5 Å². The summed E-state index contributed by atoms with van der Waals surface area (Å²) < 4.78 is 64.8. The molecule has 0 radical (unpaired) electrons. The van der Waals surface area contributed by atoms with Crippen LogP contribution in [0.5, 0.6) is 5.75 Å². The van der Waals surface area contributed by atoms with E-state index in [9.17, 15) is 22.0 Å². The van der Waals surface area contributed by atoms with Crippen LogP contribution in [0.25, 0.3) is 0 Å². The first kappa shape index (κ1) is 14.4. The van der Waals surface area contributed by atoms with Crippen molar-refractivity contribution in [3.05, 3.63) is 23.0 Å². The summed E-state index contributed by atoms with van der Waals surface area (Å²) in [6.07, 6.45) is -7.75. The van der Waals surface area contributed by atoms with Crippen molar-refractivity contribution >= 4 is 11.6 Å². The first-order valence-electron chi connectivity index (χ1n) is 4.32. The molecule has 0 aliphatic rings. The van der Waals surface area contributed by atoms with Crippen LogP contribution in [0.1, 0.15) is 23.2 Å². The lowest BCUT2D eigenvalue weighted by Gasteiger charge is -2.14. The van der Waals surface area contributed by atoms with E-state index in [1.54, 1.807) is 0 Å². The van der Waals surface area contributed by atoms with Gasteiger partial charge in [0, 0.05) is 0 Å². The molecule has 98 valence electrons. The monoisotopic (exact) mass is 286 g/mol. The van der Waals surface area contributed by atoms with Crippen LogP contribution in [0, 0.1) is 11.3 Å². The van der Waals surface area contributed by atoms with Crippen molar-refractivity contribution in [3.8, 4) is 11.8 Å². The van der Waals surface area contributed by atoms with Gasteiger partial charge in [-0.1, -0.05) is 0 Å². The lowest BCUT2D eigenvalue weighted by atomic mass is 10.1. The largest absolute Gasteiger partial charge is 0.573 e. The van der Waals surface area contributed by atoms with Gasteiger partial charge in [-0.2, -0.15) is 5.26 Å². The molecule has 1 heterocycles. The molecular weight excluding hydrogens is 283 g/mol. The van der Waals surface area contributed by atoms with E-state index in [4.69, 9.17) is 16.9 Å². The number of pyridine rings is 1. The zero-order chi connectivity index (χ0) is 13.9. The van der Waals surface area contributed by atoms with Crippen molar-refractivity contribution < 1.29 is 26.7 Å². The SMILES string of the molecule is N#Cc1c(OC(F)(F)F)cnc(CCl)c1C(F)F. The fourth-order valence-electron chi connectivity index (χ4n) is 1.21. The summed E-state index contributed by atoms with van der Waals surface area (Å²) in [7, 11) is 0. The van der Waals surface area contributed by atoms with Gasteiger partial charge in [-0.25, -0.2) is 8.78 Å². The van der Waals surface area contributed by atoms with Crippen LogP contribution < -0.4 is 4.74 Å². The van der Waals surface area contributed by atoms with E-state index in [-0.39, 0.29) is 5.69 Å². The van der Waals surface area contributed by atoms with Gasteiger partial charge in [0.15, 0.2) is 5.75 Å². The Balaban J connectivity index is 3.39. The van der Waals surface area contributed by atoms with Gasteiger partial charge in [-0.05, 0) is 0 Å². The van der Waals surface area contributed by atoms with E-state index >= 15 is 0 Å². The number of alkyl halides is 6. The average Bonchev–Trinajstić information content (AvgIpc) is 2.26. The average molecular weight is 287 g/mol. The molecule has 0 aromatic carbocycles. The molecule has 1 aromatic heterocycles. The van der Waals surface area contributed by atoms with E-state index in [2.05, 4.69) is 9.72 Å². The fraction of sp³-hybridized carbons (Fsp3) is 0.333. The van der Waals surface area contributed by atoms with Crippen LogP contribution in [-0.4, -0.2) is 11.3 Å². The molecule has 0 unspecified atom stereocenters. The van der Waals surface area contributed by atoms with Crippen LogP contribution in [0.4, 0.5) is 22.0 Å². The number of nitrogens with zero attached hydrogens (tertiary/aromatic N) is 2. The number of aromatic nitrogens is 1. The van der Waals surface area contributed by atoms with Crippen LogP contribution >= 0.6 is 11.6 Å². The third-order valence-electron chi connectivity index (χ3n) is 1.85. The van der Waals surface area contributed by atoms with E-state index in [1.807, 2.05) is 0 Å². The second-order valence-electron chi connectivity index (χ2n) is 2.95. The Morgan fingerprint density at radius 2 is 2.06 bits per heavy atom. The number of rotatable bonds is 3. The number of nitriles is 1. The molecule has 0 spiro atoms. The predicted octanol–water partition coefficient (Wildman–Crippen LogP) is 3.53. The second-order valence-corrected chi connectivity index (χ2v) is 3.22. The Kier molecular flexibility index (Phi) is 4.29. The summed E-state index contributed by atoms with van der Waals surface area (Å²) in [6.45, 7) is 0. The van der Waals surface area contributed by atoms with Gasteiger partial charge in [-0.15, -0.1) is 24.8 Å². The van der Waals surface area contributed by atoms with Crippen LogP contribution in [-0.2, 0) is 5.88 Å². The zero-order valence-corrected chi connectivity index (χ0v) is 9.19. The molecule has 0 fully saturated rings. The van der Waals surface area contributed by atoms with Crippen LogP contribution in [0.3, 0.4) is 0 Å². The first-order valence-corrected chi connectivity index (χ1v) is 4.85. The maximum atomic E-state index is 12.7. The highest BCUT2D eigenvalue weighted by molar-refractivity contribution is 6.17. The molecule has 9 heteroatoms. The number of halogens is 6. The quantitative estimate of drug-likeness (QED) is 0.631. The Bertz CT molecular complexity index is 483. The summed E-state index contributed by atoms with van der Waals surface area (Å²) in [5.74, 6) is -1.53. The van der Waals surface area contributed by atoms with Crippen molar-refractivity contribution in [1.82, 2.24) is 4.98 Å². The van der Waals surface area contributed by atoms with Gasteiger partial charge < -0.3 is 4.74 Å². The number of hydrogen-bond acceptors (Lipinski definition) is 3. The van der Waals surface area contributed by atoms with E-state index in [1.165, 1.54) is 6.07 Å². The van der Waals surface area contributed by atoms with Crippen LogP contribution in [0.2, 0.25) is 0 Å². The molecule has 3 nitrogen and oxygen atoms in total. The molecular formula is C9H4ClF5N2O. The predicted molar refractivity (Wildman–Crippen MR) is 50.1 cm³/mol. The van der Waals surface area contributed by atoms with Crippen molar-refractivity contribution in [2.75, 3.05) is 0 Å². The highest BCUT2D eigenvalue weighted by Gasteiger charge is 2.34. The third kappa shape index (κ3) is 3.20. The zero-order valence-electron chi connectivity index (χ0n) is 8.43. The highest BCUT2D eigenvalue weighted by atomic mass is 35.5. The Hall–Kier alpha value is -1.62. The minimum Gasteiger partial charge on any atom is -0.403 e. The molecule has 0 bridgehead atoms. The molecule has 0 N–H and O–H groups in total. The Labute approximate surface area is 103 Å². The van der Waals surface area contributed by atoms with Crippen molar-refractivity contribution in [2.24, 2.45) is 0 Å². The van der Waals surface area contributed by atoms with Gasteiger partial charge in [0.2, 0.25) is 0 Å². The second kappa shape index (κ2) is 5.35. The maximum Gasteiger partial charge on any atom is 0.573 e. The van der Waals surface area contributed by atoms with E-state index in [0.29, 0.717) is 6.20 Å². The minimum absolute atomic E-state index is 0.363. The maximum absolute atomic E-state index is 12.7. The summed E-state index contributed by atoms with van der Waals surface area (Å²) in [5.41, 5.74) is -2.24. The summed E-state index contributed by atoms with van der Waals surface area (Å²) in [4.78, 5) is 3.32. The van der Waals surface area contributed by atoms with Crippen molar-refractivity contribution in [1.29, 1.82) is 5.26 Å². The molecule has 0 saturated carbocycles. The van der Waals surface area contributed by atoms with Gasteiger partial charge in [0.25, 0.3) is 6.43 Å². The lowest BCUT2D eigenvalue weighted by Crippen LogP contribution is -2.19. The normalized spacial score (nSPS) is 11.4. The third-order valence-corrected chi connectivity index (χ3v) is 2.10. The van der Waals surface area contributed by atoms with Crippen molar-refractivity contribution in [2.45, 2.75) is 18.7 Å². The fourth-order valence-corrected chi connectivity index (χ4v) is 1.42. The van der Waals surface area contributed by atoms with Crippen molar-refractivity contribution in [3.63, 3.8) is 0 Å². The lowest BCUT2D eigenvalue weighted by molar-refractivity contribution is -0.274. The molecule has 1 aromatic rings. The van der Waals surface area contributed by atoms with Gasteiger partial charge in [0.1, 0.15) is 11.6 Å². The number of hydrogen-bond donors (Lipinski definition) is 0. The van der Waals surface area contributed by atoms with Gasteiger partial charge in [0.05, 0.1) is 23.3 Å². The Morgan fingerprint density at radius 3 is 2.44 bits per heavy atom. The molecule has 18 heavy (non-hydrogen) atoms. The summed E-state index contributed by atoms with van der Waals surface area (Å²) in [5, 5.41) is 8.66. The topological polar surface area (TPSA) is 45.9 Å². The first-order chi connectivity index (χ1) is 8.30. The smallest absolute Gasteiger partial charge is 0.403 e. The molecule has 0 aliphatic carbocycles. The Morgan fingerprint density at radius 1 is 1.44 bits per heavy atom. The minimum atomic E-state index is -5.10. The van der Waals surface area contributed by atoms with Gasteiger partial charge >= 0.3 is 6.36 Å². The molecule has 0 saturated heterocycles. The van der Waals surface area contributed by atoms with E-state index in [0.717, 1.165) is 0 Å². The van der Waals surface area contributed by atoms with Crippen LogP contribution in [0.15, 0.2) is 6.20 Å². The molecule has 0 amide bonds. The number of ether oxygens (including phenoxy) is 1. The highest BCUT2D eigenvalue weighted by Crippen LogP contribution is 2.34.